The van der Waals surface area contributed by atoms with Crippen molar-refractivity contribution in [3.05, 3.63) is 60.2 Å². The second-order valence-electron chi connectivity index (χ2n) is 7.39. The summed E-state index contributed by atoms with van der Waals surface area (Å²) in [4.78, 5) is 28.4. The summed E-state index contributed by atoms with van der Waals surface area (Å²) in [6.45, 7) is 0.453. The molecule has 2 aromatic carbocycles. The Morgan fingerprint density at radius 1 is 1.11 bits per heavy atom. The Morgan fingerprint density at radius 2 is 1.81 bits per heavy atom. The van der Waals surface area contributed by atoms with Gasteiger partial charge in [-0.2, -0.15) is 0 Å². The van der Waals surface area contributed by atoms with Crippen LogP contribution < -0.4 is 10.2 Å². The number of nitrogens with one attached hydrogen (secondary N) is 1. The van der Waals surface area contributed by atoms with E-state index in [-0.39, 0.29) is 29.7 Å². The number of thioether (sulfide) groups is 1. The van der Waals surface area contributed by atoms with Crippen LogP contribution in [0, 0.1) is 5.92 Å². The molecule has 0 radical (unpaired) electrons. The van der Waals surface area contributed by atoms with Gasteiger partial charge < -0.3 is 10.2 Å². The van der Waals surface area contributed by atoms with Gasteiger partial charge in [0.2, 0.25) is 11.8 Å². The Balaban J connectivity index is 1.46. The molecule has 1 heterocycles. The van der Waals surface area contributed by atoms with Gasteiger partial charge in [0.15, 0.2) is 0 Å². The Bertz CT molecular complexity index is 831. The molecule has 1 saturated heterocycles. The van der Waals surface area contributed by atoms with Crippen molar-refractivity contribution >= 4 is 29.3 Å². The van der Waals surface area contributed by atoms with Crippen molar-refractivity contribution in [3.8, 4) is 0 Å². The van der Waals surface area contributed by atoms with Crippen molar-refractivity contribution in [1.29, 1.82) is 0 Å². The minimum atomic E-state index is -0.293. The van der Waals surface area contributed by atoms with Crippen LogP contribution in [0.5, 0.6) is 0 Å². The van der Waals surface area contributed by atoms with Crippen LogP contribution in [0.2, 0.25) is 0 Å². The third-order valence-electron chi connectivity index (χ3n) is 5.78. The number of hydrogen-bond donors (Lipinski definition) is 1. The van der Waals surface area contributed by atoms with E-state index in [0.717, 1.165) is 29.8 Å². The molecular weight excluding hydrogens is 356 g/mol. The largest absolute Gasteiger partial charge is 0.346 e. The third kappa shape index (κ3) is 3.48. The van der Waals surface area contributed by atoms with E-state index < -0.39 is 0 Å². The molecule has 0 bridgehead atoms. The van der Waals surface area contributed by atoms with Gasteiger partial charge in [-0.25, -0.2) is 0 Å². The predicted molar refractivity (Wildman–Crippen MR) is 109 cm³/mol. The number of rotatable bonds is 5. The minimum absolute atomic E-state index is 0.00450. The maximum atomic E-state index is 13.0. The molecule has 1 atom stereocenters. The first-order valence-corrected chi connectivity index (χ1v) is 10.7. The highest BCUT2D eigenvalue weighted by atomic mass is 32.2. The highest BCUT2D eigenvalue weighted by Gasteiger charge is 2.43. The van der Waals surface area contributed by atoms with Crippen LogP contribution in [0.1, 0.15) is 31.2 Å². The number of carbonyl (C=O) groups is 2. The summed E-state index contributed by atoms with van der Waals surface area (Å²) < 4.78 is 0. The van der Waals surface area contributed by atoms with Crippen molar-refractivity contribution in [3.63, 3.8) is 0 Å². The predicted octanol–water partition coefficient (Wildman–Crippen LogP) is 3.96. The molecule has 1 aliphatic carbocycles. The lowest BCUT2D eigenvalue weighted by atomic mass is 9.71. The van der Waals surface area contributed by atoms with Crippen LogP contribution in [-0.2, 0) is 15.1 Å². The average Bonchev–Trinajstić information content (AvgIpc) is 3.07. The second kappa shape index (κ2) is 7.39. The molecule has 2 fully saturated rings. The van der Waals surface area contributed by atoms with Crippen molar-refractivity contribution in [1.82, 2.24) is 5.32 Å². The highest BCUT2D eigenvalue weighted by molar-refractivity contribution is 7.98. The number of anilines is 1. The summed E-state index contributed by atoms with van der Waals surface area (Å²) >= 11 is 1.67. The van der Waals surface area contributed by atoms with Gasteiger partial charge in [0, 0.05) is 23.5 Å². The van der Waals surface area contributed by atoms with Crippen LogP contribution in [-0.4, -0.2) is 24.6 Å². The van der Waals surface area contributed by atoms with Gasteiger partial charge >= 0.3 is 0 Å². The monoisotopic (exact) mass is 380 g/mol. The van der Waals surface area contributed by atoms with E-state index >= 15 is 0 Å². The minimum Gasteiger partial charge on any atom is -0.346 e. The van der Waals surface area contributed by atoms with Crippen molar-refractivity contribution in [2.75, 3.05) is 17.7 Å². The molecule has 1 saturated carbocycles. The first-order chi connectivity index (χ1) is 13.1. The fourth-order valence-corrected chi connectivity index (χ4v) is 4.41. The number of benzene rings is 2. The molecule has 2 aliphatic rings. The van der Waals surface area contributed by atoms with Gasteiger partial charge in [0.05, 0.1) is 11.5 Å². The van der Waals surface area contributed by atoms with Gasteiger partial charge in [-0.3, -0.25) is 9.59 Å². The lowest BCUT2D eigenvalue weighted by molar-refractivity contribution is -0.129. The zero-order valence-electron chi connectivity index (χ0n) is 15.5. The summed E-state index contributed by atoms with van der Waals surface area (Å²) in [5.41, 5.74) is 1.78. The molecule has 1 aliphatic heterocycles. The van der Waals surface area contributed by atoms with E-state index in [9.17, 15) is 9.59 Å². The molecule has 0 spiro atoms. The van der Waals surface area contributed by atoms with Crippen LogP contribution in [0.4, 0.5) is 5.69 Å². The summed E-state index contributed by atoms with van der Waals surface area (Å²) in [6.07, 6.45) is 5.35. The standard InChI is InChI=1S/C22H24N2O2S/c1-27-19-10-8-18(9-11-19)24-15-16(14-20(24)25)21(26)23-22(12-5-13-22)17-6-3-2-4-7-17/h2-4,6-11,16H,5,12-15H2,1H3,(H,23,26). The van der Waals surface area contributed by atoms with Crippen molar-refractivity contribution < 1.29 is 9.59 Å². The summed E-state index contributed by atoms with van der Waals surface area (Å²) in [5, 5.41) is 3.28. The molecule has 0 aromatic heterocycles. The van der Waals surface area contributed by atoms with E-state index in [4.69, 9.17) is 0 Å². The molecule has 140 valence electrons. The number of amides is 2. The van der Waals surface area contributed by atoms with Gasteiger partial charge in [0.1, 0.15) is 0 Å². The topological polar surface area (TPSA) is 49.4 Å². The van der Waals surface area contributed by atoms with Gasteiger partial charge in [0.25, 0.3) is 0 Å². The third-order valence-corrected chi connectivity index (χ3v) is 6.52. The Labute approximate surface area is 164 Å². The Hall–Kier alpha value is -2.27. The Morgan fingerprint density at radius 3 is 2.41 bits per heavy atom. The first-order valence-electron chi connectivity index (χ1n) is 9.43. The maximum absolute atomic E-state index is 13.0. The maximum Gasteiger partial charge on any atom is 0.227 e. The molecule has 27 heavy (non-hydrogen) atoms. The normalized spacial score (nSPS) is 21.0. The number of hydrogen-bond acceptors (Lipinski definition) is 3. The van der Waals surface area contributed by atoms with E-state index in [0.29, 0.717) is 6.54 Å². The van der Waals surface area contributed by atoms with Crippen molar-refractivity contribution in [2.24, 2.45) is 5.92 Å². The molecule has 5 heteroatoms. The van der Waals surface area contributed by atoms with Crippen LogP contribution >= 0.6 is 11.8 Å². The first kappa shape index (κ1) is 18.1. The van der Waals surface area contributed by atoms with E-state index in [1.54, 1.807) is 16.7 Å². The quantitative estimate of drug-likeness (QED) is 0.799. The zero-order valence-corrected chi connectivity index (χ0v) is 16.3. The lowest BCUT2D eigenvalue weighted by Gasteiger charge is -2.43. The zero-order chi connectivity index (χ0) is 18.9. The number of nitrogens with zero attached hydrogens (tertiary/aromatic N) is 1. The van der Waals surface area contributed by atoms with E-state index in [1.165, 1.54) is 5.56 Å². The number of carbonyl (C=O) groups excluding carboxylic acids is 2. The summed E-state index contributed by atoms with van der Waals surface area (Å²) in [5.74, 6) is -0.275. The molecule has 2 amide bonds. The van der Waals surface area contributed by atoms with E-state index in [2.05, 4.69) is 17.4 Å². The lowest BCUT2D eigenvalue weighted by Crippen LogP contribution is -2.52. The molecule has 2 aromatic rings. The molecule has 1 unspecified atom stereocenters. The van der Waals surface area contributed by atoms with Crippen molar-refractivity contribution in [2.45, 2.75) is 36.1 Å². The van der Waals surface area contributed by atoms with E-state index in [1.807, 2.05) is 48.7 Å². The fraction of sp³-hybridized carbons (Fsp3) is 0.364. The Kier molecular flexibility index (Phi) is 4.96. The van der Waals surface area contributed by atoms with Gasteiger partial charge in [-0.15, -0.1) is 11.8 Å². The van der Waals surface area contributed by atoms with Crippen LogP contribution in [0.25, 0.3) is 0 Å². The van der Waals surface area contributed by atoms with Gasteiger partial charge in [-0.05, 0) is 55.3 Å². The highest BCUT2D eigenvalue weighted by Crippen LogP contribution is 2.41. The van der Waals surface area contributed by atoms with Crippen LogP contribution in [0.3, 0.4) is 0 Å². The smallest absolute Gasteiger partial charge is 0.227 e. The average molecular weight is 381 g/mol. The second-order valence-corrected chi connectivity index (χ2v) is 8.27. The van der Waals surface area contributed by atoms with Crippen LogP contribution in [0.15, 0.2) is 59.5 Å². The van der Waals surface area contributed by atoms with Gasteiger partial charge in [-0.1, -0.05) is 30.3 Å². The molecule has 1 N–H and O–H groups in total. The summed E-state index contributed by atoms with van der Waals surface area (Å²) in [6, 6.07) is 18.1. The SMILES string of the molecule is CSc1ccc(N2CC(C(=O)NC3(c4ccccc4)CCC3)CC2=O)cc1. The molecule has 4 nitrogen and oxygen atoms in total. The molecular formula is C22H24N2O2S. The molecule has 4 rings (SSSR count). The fourth-order valence-electron chi connectivity index (χ4n) is 4.01. The summed E-state index contributed by atoms with van der Waals surface area (Å²) in [7, 11) is 0.